The SMILES string of the molecule is NCc1nc(F)c(OC(F)(F)F)cc1F. The van der Waals surface area contributed by atoms with E-state index in [1.165, 1.54) is 0 Å². The lowest BCUT2D eigenvalue weighted by molar-refractivity contribution is -0.275. The van der Waals surface area contributed by atoms with Gasteiger partial charge in [0.1, 0.15) is 5.82 Å². The monoisotopic (exact) mass is 228 g/mol. The maximum atomic E-state index is 12.8. The molecule has 0 radical (unpaired) electrons. The summed E-state index contributed by atoms with van der Waals surface area (Å²) in [4.78, 5) is 2.88. The first-order valence-electron chi connectivity index (χ1n) is 3.64. The van der Waals surface area contributed by atoms with Crippen molar-refractivity contribution in [1.82, 2.24) is 4.98 Å². The Bertz CT molecular complexity index is 365. The summed E-state index contributed by atoms with van der Waals surface area (Å²) in [6.45, 7) is -0.422. The Hall–Kier alpha value is -1.44. The van der Waals surface area contributed by atoms with Gasteiger partial charge in [0.2, 0.25) is 0 Å². The zero-order valence-electron chi connectivity index (χ0n) is 7.11. The number of nitrogens with zero attached hydrogens (tertiary/aromatic N) is 1. The number of nitrogens with two attached hydrogens (primary N) is 1. The number of rotatable bonds is 2. The van der Waals surface area contributed by atoms with Gasteiger partial charge < -0.3 is 10.5 Å². The van der Waals surface area contributed by atoms with Crippen molar-refractivity contribution in [1.29, 1.82) is 0 Å². The molecule has 0 aliphatic heterocycles. The van der Waals surface area contributed by atoms with E-state index in [2.05, 4.69) is 9.72 Å². The fraction of sp³-hybridized carbons (Fsp3) is 0.286. The predicted octanol–water partition coefficient (Wildman–Crippen LogP) is 1.72. The summed E-state index contributed by atoms with van der Waals surface area (Å²) in [6.07, 6.45) is -5.10. The highest BCUT2D eigenvalue weighted by Gasteiger charge is 2.33. The van der Waals surface area contributed by atoms with Gasteiger partial charge in [-0.3, -0.25) is 0 Å². The Balaban J connectivity index is 3.05. The highest BCUT2D eigenvalue weighted by atomic mass is 19.4. The van der Waals surface area contributed by atoms with Crippen molar-refractivity contribution in [3.8, 4) is 5.75 Å². The van der Waals surface area contributed by atoms with Gasteiger partial charge in [-0.15, -0.1) is 13.2 Å². The molecular weight excluding hydrogens is 223 g/mol. The summed E-state index contributed by atoms with van der Waals surface area (Å²) < 4.78 is 63.8. The van der Waals surface area contributed by atoms with Gasteiger partial charge in [0.05, 0.1) is 5.69 Å². The van der Waals surface area contributed by atoms with Crippen LogP contribution in [0.15, 0.2) is 6.07 Å². The summed E-state index contributed by atoms with van der Waals surface area (Å²) >= 11 is 0. The van der Waals surface area contributed by atoms with Crippen LogP contribution >= 0.6 is 0 Å². The van der Waals surface area contributed by atoms with Gasteiger partial charge in [-0.2, -0.15) is 4.39 Å². The van der Waals surface area contributed by atoms with Crippen LogP contribution in [0.5, 0.6) is 5.75 Å². The van der Waals surface area contributed by atoms with Gasteiger partial charge in [-0.05, 0) is 0 Å². The number of ether oxygens (including phenoxy) is 1. The average molecular weight is 228 g/mol. The molecule has 0 unspecified atom stereocenters. The molecule has 0 bridgehead atoms. The van der Waals surface area contributed by atoms with Crippen LogP contribution in [0.4, 0.5) is 22.0 Å². The molecule has 0 atom stereocenters. The second kappa shape index (κ2) is 3.97. The van der Waals surface area contributed by atoms with Crippen molar-refractivity contribution >= 4 is 0 Å². The summed E-state index contributed by atoms with van der Waals surface area (Å²) in [6, 6.07) is 0.248. The van der Waals surface area contributed by atoms with Crippen LogP contribution in [0.2, 0.25) is 0 Å². The normalized spacial score (nSPS) is 11.6. The molecule has 15 heavy (non-hydrogen) atoms. The number of aromatic nitrogens is 1. The van der Waals surface area contributed by atoms with E-state index < -0.39 is 36.1 Å². The van der Waals surface area contributed by atoms with Gasteiger partial charge in [0, 0.05) is 12.6 Å². The summed E-state index contributed by atoms with van der Waals surface area (Å²) in [7, 11) is 0. The number of alkyl halides is 3. The first kappa shape index (κ1) is 11.6. The Labute approximate surface area is 80.7 Å². The zero-order chi connectivity index (χ0) is 11.6. The zero-order valence-corrected chi connectivity index (χ0v) is 7.11. The fourth-order valence-corrected chi connectivity index (χ4v) is 0.824. The van der Waals surface area contributed by atoms with Crippen LogP contribution in [-0.4, -0.2) is 11.3 Å². The number of halogens is 5. The lowest BCUT2D eigenvalue weighted by atomic mass is 10.3. The van der Waals surface area contributed by atoms with E-state index in [1.54, 1.807) is 0 Å². The predicted molar refractivity (Wildman–Crippen MR) is 38.7 cm³/mol. The van der Waals surface area contributed by atoms with Crippen LogP contribution in [0, 0.1) is 11.8 Å². The molecule has 84 valence electrons. The van der Waals surface area contributed by atoms with Gasteiger partial charge in [-0.25, -0.2) is 9.37 Å². The Morgan fingerprint density at radius 3 is 2.40 bits per heavy atom. The smallest absolute Gasteiger partial charge is 0.401 e. The molecule has 0 spiro atoms. The molecule has 0 aliphatic carbocycles. The summed E-state index contributed by atoms with van der Waals surface area (Å²) in [5, 5.41) is 0. The lowest BCUT2D eigenvalue weighted by Gasteiger charge is -2.09. The van der Waals surface area contributed by atoms with Gasteiger partial charge >= 0.3 is 6.36 Å². The van der Waals surface area contributed by atoms with Crippen LogP contribution in [0.1, 0.15) is 5.69 Å². The topological polar surface area (TPSA) is 48.1 Å². The minimum Gasteiger partial charge on any atom is -0.401 e. The highest BCUT2D eigenvalue weighted by molar-refractivity contribution is 5.23. The van der Waals surface area contributed by atoms with Crippen molar-refractivity contribution in [2.75, 3.05) is 0 Å². The fourth-order valence-electron chi connectivity index (χ4n) is 0.824. The second-order valence-corrected chi connectivity index (χ2v) is 2.46. The molecular formula is C7H5F5N2O. The molecule has 0 aromatic carbocycles. The Morgan fingerprint density at radius 2 is 1.93 bits per heavy atom. The Kier molecular flexibility index (Phi) is 3.08. The molecule has 0 saturated carbocycles. The number of pyridine rings is 1. The van der Waals surface area contributed by atoms with E-state index >= 15 is 0 Å². The van der Waals surface area contributed by atoms with Crippen LogP contribution < -0.4 is 10.5 Å². The van der Waals surface area contributed by atoms with Crippen molar-refractivity contribution in [2.24, 2.45) is 5.73 Å². The maximum absolute atomic E-state index is 12.8. The van der Waals surface area contributed by atoms with Crippen molar-refractivity contribution in [2.45, 2.75) is 12.9 Å². The van der Waals surface area contributed by atoms with E-state index in [1.807, 2.05) is 0 Å². The first-order chi connectivity index (χ1) is 6.83. The molecule has 0 amide bonds. The maximum Gasteiger partial charge on any atom is 0.573 e. The molecule has 1 heterocycles. The van der Waals surface area contributed by atoms with Gasteiger partial charge in [0.15, 0.2) is 5.75 Å². The molecule has 1 aromatic heterocycles. The third-order valence-electron chi connectivity index (χ3n) is 1.39. The van der Waals surface area contributed by atoms with E-state index in [9.17, 15) is 22.0 Å². The molecule has 3 nitrogen and oxygen atoms in total. The largest absolute Gasteiger partial charge is 0.573 e. The summed E-state index contributed by atoms with van der Waals surface area (Å²) in [5.41, 5.74) is 4.49. The van der Waals surface area contributed by atoms with Crippen LogP contribution in [-0.2, 0) is 6.54 Å². The first-order valence-corrected chi connectivity index (χ1v) is 3.64. The van der Waals surface area contributed by atoms with Crippen LogP contribution in [0.25, 0.3) is 0 Å². The van der Waals surface area contributed by atoms with Crippen LogP contribution in [0.3, 0.4) is 0 Å². The molecule has 2 N–H and O–H groups in total. The average Bonchev–Trinajstić information content (AvgIpc) is 2.08. The highest BCUT2D eigenvalue weighted by Crippen LogP contribution is 2.25. The van der Waals surface area contributed by atoms with E-state index in [0.717, 1.165) is 0 Å². The molecule has 8 heteroatoms. The number of hydrogen-bond acceptors (Lipinski definition) is 3. The van der Waals surface area contributed by atoms with Crippen molar-refractivity contribution < 1.29 is 26.7 Å². The minimum atomic E-state index is -5.10. The molecule has 0 saturated heterocycles. The van der Waals surface area contributed by atoms with Crippen molar-refractivity contribution in [3.05, 3.63) is 23.5 Å². The van der Waals surface area contributed by atoms with E-state index in [-0.39, 0.29) is 6.07 Å². The summed E-state index contributed by atoms with van der Waals surface area (Å²) in [5.74, 6) is -4.04. The van der Waals surface area contributed by atoms with Gasteiger partial charge in [0.25, 0.3) is 5.95 Å². The minimum absolute atomic E-state index is 0.248. The second-order valence-electron chi connectivity index (χ2n) is 2.46. The third-order valence-corrected chi connectivity index (χ3v) is 1.39. The van der Waals surface area contributed by atoms with E-state index in [0.29, 0.717) is 0 Å². The standard InChI is InChI=1S/C7H5F5N2O/c8-3-1-5(15-7(10,11)12)6(9)14-4(3)2-13/h1H,2,13H2. The molecule has 0 aliphatic rings. The van der Waals surface area contributed by atoms with Crippen molar-refractivity contribution in [3.63, 3.8) is 0 Å². The Morgan fingerprint density at radius 1 is 1.33 bits per heavy atom. The molecule has 1 rings (SSSR count). The van der Waals surface area contributed by atoms with E-state index in [4.69, 9.17) is 5.73 Å². The number of hydrogen-bond donors (Lipinski definition) is 1. The quantitative estimate of drug-likeness (QED) is 0.619. The molecule has 1 aromatic rings. The lowest BCUT2D eigenvalue weighted by Crippen LogP contribution is -2.19. The molecule has 0 fully saturated rings. The third kappa shape index (κ3) is 3.01. The van der Waals surface area contributed by atoms with Gasteiger partial charge in [-0.1, -0.05) is 0 Å².